The molecule has 1 aromatic carbocycles. The van der Waals surface area contributed by atoms with E-state index in [1.165, 1.54) is 0 Å². The van der Waals surface area contributed by atoms with Gasteiger partial charge in [0.1, 0.15) is 17.3 Å². The van der Waals surface area contributed by atoms with Gasteiger partial charge in [-0.15, -0.1) is 0 Å². The van der Waals surface area contributed by atoms with Gasteiger partial charge in [-0.3, -0.25) is 0 Å². The number of benzene rings is 1. The number of hydrogen-bond donors (Lipinski definition) is 1. The Labute approximate surface area is 95.2 Å². The number of thiocarbonyl (C=S) groups is 1. The molecule has 0 bridgehead atoms. The summed E-state index contributed by atoms with van der Waals surface area (Å²) in [4.78, 5) is 0.343. The molecule has 0 amide bonds. The van der Waals surface area contributed by atoms with E-state index in [2.05, 4.69) is 0 Å². The van der Waals surface area contributed by atoms with Crippen molar-refractivity contribution in [3.63, 3.8) is 0 Å². The molecule has 1 rings (SSSR count). The number of para-hydroxylation sites is 1. The summed E-state index contributed by atoms with van der Waals surface area (Å²) in [6.07, 6.45) is 0.0457. The molecule has 0 fully saturated rings. The Morgan fingerprint density at radius 1 is 1.47 bits per heavy atom. The maximum absolute atomic E-state index is 5.57. The van der Waals surface area contributed by atoms with E-state index in [1.807, 2.05) is 31.2 Å². The first-order valence-electron chi connectivity index (χ1n) is 4.69. The second-order valence-corrected chi connectivity index (χ2v) is 3.66. The van der Waals surface area contributed by atoms with Crippen LogP contribution in [0, 0.1) is 0 Å². The highest BCUT2D eigenvalue weighted by Gasteiger charge is 2.07. The summed E-state index contributed by atoms with van der Waals surface area (Å²) in [7, 11) is 1.65. The third-order valence-corrected chi connectivity index (χ3v) is 2.25. The number of methoxy groups -OCH3 is 1. The minimum Gasteiger partial charge on any atom is -0.490 e. The van der Waals surface area contributed by atoms with Crippen molar-refractivity contribution >= 4 is 17.2 Å². The molecule has 2 N–H and O–H groups in total. The molecule has 0 heterocycles. The number of nitrogens with two attached hydrogens (primary N) is 1. The second kappa shape index (κ2) is 5.68. The zero-order chi connectivity index (χ0) is 11.3. The van der Waals surface area contributed by atoms with Crippen LogP contribution < -0.4 is 10.5 Å². The van der Waals surface area contributed by atoms with Crippen molar-refractivity contribution < 1.29 is 9.47 Å². The topological polar surface area (TPSA) is 44.5 Å². The van der Waals surface area contributed by atoms with Gasteiger partial charge in [0.2, 0.25) is 0 Å². The van der Waals surface area contributed by atoms with Gasteiger partial charge in [0.05, 0.1) is 11.7 Å². The normalized spacial score (nSPS) is 12.1. The van der Waals surface area contributed by atoms with Gasteiger partial charge in [-0.2, -0.15) is 0 Å². The lowest BCUT2D eigenvalue weighted by molar-refractivity contribution is 0.0716. The van der Waals surface area contributed by atoms with Gasteiger partial charge < -0.3 is 15.2 Å². The molecule has 3 nitrogen and oxygen atoms in total. The van der Waals surface area contributed by atoms with Crippen LogP contribution in [0.2, 0.25) is 0 Å². The van der Waals surface area contributed by atoms with Crippen LogP contribution in [0.1, 0.15) is 12.5 Å². The monoisotopic (exact) mass is 225 g/mol. The van der Waals surface area contributed by atoms with Crippen molar-refractivity contribution in [1.29, 1.82) is 0 Å². The van der Waals surface area contributed by atoms with Crippen LogP contribution in [-0.2, 0) is 4.74 Å². The fourth-order valence-corrected chi connectivity index (χ4v) is 1.24. The lowest BCUT2D eigenvalue weighted by Crippen LogP contribution is -2.18. The van der Waals surface area contributed by atoms with Crippen molar-refractivity contribution in [2.75, 3.05) is 13.7 Å². The third-order valence-electron chi connectivity index (χ3n) is 2.03. The summed E-state index contributed by atoms with van der Waals surface area (Å²) in [5.41, 5.74) is 6.33. The number of rotatable bonds is 5. The minimum atomic E-state index is 0.0457. The summed E-state index contributed by atoms with van der Waals surface area (Å²) < 4.78 is 10.6. The molecular weight excluding hydrogens is 210 g/mol. The van der Waals surface area contributed by atoms with Gasteiger partial charge in [-0.25, -0.2) is 0 Å². The Kier molecular flexibility index (Phi) is 4.52. The van der Waals surface area contributed by atoms with Crippen LogP contribution in [0.5, 0.6) is 5.75 Å². The van der Waals surface area contributed by atoms with E-state index in [0.717, 1.165) is 5.56 Å². The zero-order valence-electron chi connectivity index (χ0n) is 8.90. The van der Waals surface area contributed by atoms with Crippen LogP contribution in [0.15, 0.2) is 24.3 Å². The smallest absolute Gasteiger partial charge is 0.129 e. The zero-order valence-corrected chi connectivity index (χ0v) is 9.71. The van der Waals surface area contributed by atoms with Gasteiger partial charge in [0.25, 0.3) is 0 Å². The minimum absolute atomic E-state index is 0.0457. The average Bonchev–Trinajstić information content (AvgIpc) is 2.26. The largest absolute Gasteiger partial charge is 0.490 e. The van der Waals surface area contributed by atoms with Crippen LogP contribution in [0.3, 0.4) is 0 Å². The van der Waals surface area contributed by atoms with E-state index in [0.29, 0.717) is 17.3 Å². The molecule has 0 saturated carbocycles. The van der Waals surface area contributed by atoms with E-state index in [9.17, 15) is 0 Å². The van der Waals surface area contributed by atoms with Gasteiger partial charge in [0.15, 0.2) is 0 Å². The summed E-state index contributed by atoms with van der Waals surface area (Å²) in [5, 5.41) is 0. The molecule has 4 heteroatoms. The third kappa shape index (κ3) is 3.49. The Morgan fingerprint density at radius 2 is 2.13 bits per heavy atom. The maximum atomic E-state index is 5.57. The molecule has 0 aromatic heterocycles. The van der Waals surface area contributed by atoms with Crippen molar-refractivity contribution in [3.8, 4) is 5.75 Å². The van der Waals surface area contributed by atoms with Crippen LogP contribution in [-0.4, -0.2) is 24.8 Å². The van der Waals surface area contributed by atoms with Crippen LogP contribution in [0.4, 0.5) is 0 Å². The molecular formula is C11H15NO2S. The summed E-state index contributed by atoms with van der Waals surface area (Å²) >= 11 is 4.92. The van der Waals surface area contributed by atoms with Gasteiger partial charge in [0, 0.05) is 7.11 Å². The van der Waals surface area contributed by atoms with E-state index in [-0.39, 0.29) is 6.10 Å². The molecule has 1 aromatic rings. The molecule has 82 valence electrons. The first-order valence-corrected chi connectivity index (χ1v) is 5.10. The van der Waals surface area contributed by atoms with Crippen molar-refractivity contribution in [3.05, 3.63) is 29.8 Å². The van der Waals surface area contributed by atoms with Crippen molar-refractivity contribution in [2.24, 2.45) is 5.73 Å². The van der Waals surface area contributed by atoms with Gasteiger partial charge in [-0.1, -0.05) is 24.4 Å². The van der Waals surface area contributed by atoms with Crippen LogP contribution >= 0.6 is 12.2 Å². The molecule has 0 aliphatic carbocycles. The van der Waals surface area contributed by atoms with E-state index in [4.69, 9.17) is 27.4 Å². The summed E-state index contributed by atoms with van der Waals surface area (Å²) in [6.45, 7) is 2.42. The molecule has 1 unspecified atom stereocenters. The highest BCUT2D eigenvalue weighted by molar-refractivity contribution is 7.80. The first-order chi connectivity index (χ1) is 7.15. The predicted molar refractivity (Wildman–Crippen MR) is 64.3 cm³/mol. The van der Waals surface area contributed by atoms with Crippen molar-refractivity contribution in [1.82, 2.24) is 0 Å². The number of ether oxygens (including phenoxy) is 2. The van der Waals surface area contributed by atoms with Crippen molar-refractivity contribution in [2.45, 2.75) is 13.0 Å². The number of hydrogen-bond acceptors (Lipinski definition) is 3. The molecule has 1 atom stereocenters. The SMILES string of the molecule is COC(C)COc1ccccc1C(N)=S. The lowest BCUT2D eigenvalue weighted by Gasteiger charge is -2.13. The van der Waals surface area contributed by atoms with Gasteiger partial charge in [-0.05, 0) is 19.1 Å². The lowest BCUT2D eigenvalue weighted by atomic mass is 10.2. The summed E-state index contributed by atoms with van der Waals surface area (Å²) in [6, 6.07) is 7.45. The quantitative estimate of drug-likeness (QED) is 0.775. The predicted octanol–water partition coefficient (Wildman–Crippen LogP) is 1.73. The molecule has 0 spiro atoms. The van der Waals surface area contributed by atoms with E-state index >= 15 is 0 Å². The molecule has 0 radical (unpaired) electrons. The second-order valence-electron chi connectivity index (χ2n) is 3.22. The van der Waals surface area contributed by atoms with E-state index < -0.39 is 0 Å². The first kappa shape index (κ1) is 11.9. The standard InChI is InChI=1S/C11H15NO2S/c1-8(13-2)7-14-10-6-4-3-5-9(10)11(12)15/h3-6,8H,7H2,1-2H3,(H2,12,15). The highest BCUT2D eigenvalue weighted by atomic mass is 32.1. The molecule has 0 aliphatic rings. The molecule has 0 aliphatic heterocycles. The Bertz CT molecular complexity index is 341. The Morgan fingerprint density at radius 3 is 2.73 bits per heavy atom. The highest BCUT2D eigenvalue weighted by Crippen LogP contribution is 2.17. The van der Waals surface area contributed by atoms with Crippen LogP contribution in [0.25, 0.3) is 0 Å². The molecule has 15 heavy (non-hydrogen) atoms. The average molecular weight is 225 g/mol. The van der Waals surface area contributed by atoms with E-state index in [1.54, 1.807) is 7.11 Å². The fourth-order valence-electron chi connectivity index (χ4n) is 1.07. The van der Waals surface area contributed by atoms with Gasteiger partial charge >= 0.3 is 0 Å². The fraction of sp³-hybridized carbons (Fsp3) is 0.364. The molecule has 0 saturated heterocycles. The Balaban J connectivity index is 2.72. The summed E-state index contributed by atoms with van der Waals surface area (Å²) in [5.74, 6) is 0.703. The Hall–Kier alpha value is -1.13. The maximum Gasteiger partial charge on any atom is 0.129 e.